The molecule has 2 N–H and O–H groups in total. The fraction of sp³-hybridized carbons (Fsp3) is 0.385. The number of rotatable bonds is 4. The number of nitrogens with two attached hydrogens (primary N) is 1. The highest BCUT2D eigenvalue weighted by molar-refractivity contribution is 9.10. The maximum Gasteiger partial charge on any atom is 0.244 e. The molecule has 2 heterocycles. The van der Waals surface area contributed by atoms with Gasteiger partial charge in [0.1, 0.15) is 12.3 Å². The van der Waals surface area contributed by atoms with Crippen LogP contribution in [-0.4, -0.2) is 27.6 Å². The van der Waals surface area contributed by atoms with Crippen LogP contribution in [0, 0.1) is 13.8 Å². The first-order chi connectivity index (χ1) is 9.38. The highest BCUT2D eigenvalue weighted by Crippen LogP contribution is 2.17. The predicted octanol–water partition coefficient (Wildman–Crippen LogP) is 2.10. The molecule has 2 rings (SSSR count). The zero-order chi connectivity index (χ0) is 14.9. The zero-order valence-electron chi connectivity index (χ0n) is 11.7. The van der Waals surface area contributed by atoms with Crippen molar-refractivity contribution >= 4 is 27.5 Å². The Hall–Kier alpha value is -1.76. The third-order valence-corrected chi connectivity index (χ3v) is 3.60. The van der Waals surface area contributed by atoms with Gasteiger partial charge in [0, 0.05) is 7.05 Å². The van der Waals surface area contributed by atoms with Crippen molar-refractivity contribution in [1.82, 2.24) is 14.7 Å². The van der Waals surface area contributed by atoms with E-state index in [1.54, 1.807) is 22.7 Å². The maximum absolute atomic E-state index is 12.2. The number of amides is 1. The molecule has 1 amide bonds. The SMILES string of the molecule is Cc1nn(CC(=O)N(C)Cc2ccc(Br)o2)c(C)c1N. The molecular weight excluding hydrogens is 324 g/mol. The predicted molar refractivity (Wildman–Crippen MR) is 79.0 cm³/mol. The number of anilines is 1. The van der Waals surface area contributed by atoms with Gasteiger partial charge >= 0.3 is 0 Å². The summed E-state index contributed by atoms with van der Waals surface area (Å²) in [5.41, 5.74) is 8.04. The number of carbonyl (C=O) groups is 1. The number of aromatic nitrogens is 2. The molecule has 2 aromatic heterocycles. The van der Waals surface area contributed by atoms with E-state index in [0.717, 1.165) is 17.1 Å². The summed E-state index contributed by atoms with van der Waals surface area (Å²) >= 11 is 3.24. The average Bonchev–Trinajstić information content (AvgIpc) is 2.89. The van der Waals surface area contributed by atoms with E-state index in [4.69, 9.17) is 10.2 Å². The van der Waals surface area contributed by atoms with E-state index in [1.165, 1.54) is 0 Å². The smallest absolute Gasteiger partial charge is 0.244 e. The van der Waals surface area contributed by atoms with Crippen LogP contribution < -0.4 is 5.73 Å². The Kier molecular flexibility index (Phi) is 4.17. The number of aryl methyl sites for hydroxylation is 1. The molecule has 6 nitrogen and oxygen atoms in total. The van der Waals surface area contributed by atoms with Crippen LogP contribution in [0.15, 0.2) is 21.2 Å². The summed E-state index contributed by atoms with van der Waals surface area (Å²) in [7, 11) is 1.73. The molecule has 7 heteroatoms. The number of halogens is 1. The van der Waals surface area contributed by atoms with E-state index in [2.05, 4.69) is 21.0 Å². The van der Waals surface area contributed by atoms with Gasteiger partial charge in [-0.15, -0.1) is 0 Å². The second-order valence-corrected chi connectivity index (χ2v) is 5.48. The number of furan rings is 1. The molecule has 0 saturated heterocycles. The van der Waals surface area contributed by atoms with Crippen LogP contribution in [0.2, 0.25) is 0 Å². The Bertz CT molecular complexity index is 632. The minimum atomic E-state index is -0.0527. The van der Waals surface area contributed by atoms with Crippen molar-refractivity contribution in [2.75, 3.05) is 12.8 Å². The van der Waals surface area contributed by atoms with Crippen molar-refractivity contribution in [2.45, 2.75) is 26.9 Å². The number of nitrogens with zero attached hydrogens (tertiary/aromatic N) is 3. The first-order valence-electron chi connectivity index (χ1n) is 6.16. The van der Waals surface area contributed by atoms with E-state index in [1.807, 2.05) is 19.9 Å². The molecule has 0 aliphatic carbocycles. The van der Waals surface area contributed by atoms with Gasteiger partial charge < -0.3 is 15.1 Å². The monoisotopic (exact) mass is 340 g/mol. The van der Waals surface area contributed by atoms with Crippen molar-refractivity contribution in [3.8, 4) is 0 Å². The van der Waals surface area contributed by atoms with Crippen LogP contribution in [0.25, 0.3) is 0 Å². The average molecular weight is 341 g/mol. The minimum Gasteiger partial charge on any atom is -0.452 e. The highest BCUT2D eigenvalue weighted by Gasteiger charge is 2.15. The number of nitrogen functional groups attached to an aromatic ring is 1. The molecule has 0 fully saturated rings. The summed E-state index contributed by atoms with van der Waals surface area (Å²) in [5, 5.41) is 4.26. The lowest BCUT2D eigenvalue weighted by molar-refractivity contribution is -0.131. The Labute approximate surface area is 125 Å². The lowest BCUT2D eigenvalue weighted by Crippen LogP contribution is -2.30. The molecule has 20 heavy (non-hydrogen) atoms. The lowest BCUT2D eigenvalue weighted by atomic mass is 10.3. The maximum atomic E-state index is 12.2. The van der Waals surface area contributed by atoms with E-state index in [0.29, 0.717) is 16.9 Å². The second kappa shape index (κ2) is 5.70. The van der Waals surface area contributed by atoms with Crippen LogP contribution >= 0.6 is 15.9 Å². The third-order valence-electron chi connectivity index (χ3n) is 3.17. The van der Waals surface area contributed by atoms with Gasteiger partial charge in [-0.1, -0.05) is 0 Å². The molecule has 0 atom stereocenters. The molecule has 0 radical (unpaired) electrons. The fourth-order valence-corrected chi connectivity index (χ4v) is 2.21. The molecular formula is C13H17BrN4O2. The molecule has 0 spiro atoms. The van der Waals surface area contributed by atoms with Crippen molar-refractivity contribution in [1.29, 1.82) is 0 Å². The van der Waals surface area contributed by atoms with Crippen LogP contribution in [0.4, 0.5) is 5.69 Å². The van der Waals surface area contributed by atoms with Crippen molar-refractivity contribution < 1.29 is 9.21 Å². The summed E-state index contributed by atoms with van der Waals surface area (Å²) in [5.74, 6) is 0.670. The molecule has 0 aliphatic heterocycles. The second-order valence-electron chi connectivity index (χ2n) is 4.70. The number of hydrogen-bond donors (Lipinski definition) is 1. The normalized spacial score (nSPS) is 10.8. The molecule has 0 aromatic carbocycles. The van der Waals surface area contributed by atoms with Gasteiger partial charge in [0.25, 0.3) is 0 Å². The standard InChI is InChI=1S/C13H17BrN4O2/c1-8-13(15)9(2)18(16-8)7-12(19)17(3)6-10-4-5-11(14)20-10/h4-5H,6-7,15H2,1-3H3. The topological polar surface area (TPSA) is 77.3 Å². The largest absolute Gasteiger partial charge is 0.452 e. The van der Waals surface area contributed by atoms with E-state index in [9.17, 15) is 4.79 Å². The first-order valence-corrected chi connectivity index (χ1v) is 6.95. The minimum absolute atomic E-state index is 0.0527. The van der Waals surface area contributed by atoms with Gasteiger partial charge in [-0.05, 0) is 41.9 Å². The molecule has 108 valence electrons. The van der Waals surface area contributed by atoms with Crippen LogP contribution in [0.3, 0.4) is 0 Å². The number of hydrogen-bond acceptors (Lipinski definition) is 4. The lowest BCUT2D eigenvalue weighted by Gasteiger charge is -2.16. The Morgan fingerprint density at radius 2 is 2.20 bits per heavy atom. The first kappa shape index (κ1) is 14.6. The fourth-order valence-electron chi connectivity index (χ4n) is 1.87. The Morgan fingerprint density at radius 3 is 2.70 bits per heavy atom. The van der Waals surface area contributed by atoms with Crippen molar-refractivity contribution in [3.05, 3.63) is 34.0 Å². The van der Waals surface area contributed by atoms with E-state index < -0.39 is 0 Å². The van der Waals surface area contributed by atoms with Gasteiger partial charge in [0.15, 0.2) is 4.67 Å². The molecule has 0 saturated carbocycles. The van der Waals surface area contributed by atoms with Gasteiger partial charge in [0.2, 0.25) is 5.91 Å². The van der Waals surface area contributed by atoms with Crippen LogP contribution in [-0.2, 0) is 17.9 Å². The quantitative estimate of drug-likeness (QED) is 0.924. The van der Waals surface area contributed by atoms with Crippen LogP contribution in [0.1, 0.15) is 17.1 Å². The Morgan fingerprint density at radius 1 is 1.50 bits per heavy atom. The van der Waals surface area contributed by atoms with Gasteiger partial charge in [-0.25, -0.2) is 0 Å². The van der Waals surface area contributed by atoms with Crippen molar-refractivity contribution in [3.63, 3.8) is 0 Å². The molecule has 2 aromatic rings. The van der Waals surface area contributed by atoms with Gasteiger partial charge in [0.05, 0.1) is 23.6 Å². The third kappa shape index (κ3) is 3.04. The zero-order valence-corrected chi connectivity index (χ0v) is 13.3. The van der Waals surface area contributed by atoms with Crippen LogP contribution in [0.5, 0.6) is 0 Å². The summed E-state index contributed by atoms with van der Waals surface area (Å²) in [6.45, 7) is 4.26. The van der Waals surface area contributed by atoms with Gasteiger partial charge in [-0.2, -0.15) is 5.10 Å². The summed E-state index contributed by atoms with van der Waals surface area (Å²) < 4.78 is 7.66. The highest BCUT2D eigenvalue weighted by atomic mass is 79.9. The summed E-state index contributed by atoms with van der Waals surface area (Å²) in [4.78, 5) is 13.8. The van der Waals surface area contributed by atoms with E-state index >= 15 is 0 Å². The molecule has 0 aliphatic rings. The van der Waals surface area contributed by atoms with Gasteiger partial charge in [-0.3, -0.25) is 9.48 Å². The van der Waals surface area contributed by atoms with Crippen molar-refractivity contribution in [2.24, 2.45) is 0 Å². The van der Waals surface area contributed by atoms with E-state index in [-0.39, 0.29) is 12.5 Å². The number of likely N-dealkylation sites (N-methyl/N-ethyl adjacent to an activating group) is 1. The molecule has 0 unspecified atom stereocenters. The summed E-state index contributed by atoms with van der Waals surface area (Å²) in [6, 6.07) is 3.63. The number of carbonyl (C=O) groups excluding carboxylic acids is 1. The summed E-state index contributed by atoms with van der Waals surface area (Å²) in [6.07, 6.45) is 0. The Balaban J connectivity index is 2.02. The molecule has 0 bridgehead atoms.